The fraction of sp³-hybridized carbons (Fsp3) is 0.333. The summed E-state index contributed by atoms with van der Waals surface area (Å²) in [5, 5.41) is 9.78. The number of nitrogen functional groups attached to an aromatic ring is 1. The Kier molecular flexibility index (Phi) is 4.48. The Labute approximate surface area is 110 Å². The molecule has 0 aliphatic carbocycles. The van der Waals surface area contributed by atoms with E-state index >= 15 is 0 Å². The molecule has 0 saturated heterocycles. The highest BCUT2D eigenvalue weighted by Crippen LogP contribution is 2.35. The van der Waals surface area contributed by atoms with Crippen molar-refractivity contribution in [3.8, 4) is 0 Å². The molecule has 0 aromatic heterocycles. The lowest BCUT2D eigenvalue weighted by molar-refractivity contribution is 0.316. The predicted octanol–water partition coefficient (Wildman–Crippen LogP) is 2.51. The van der Waals surface area contributed by atoms with Crippen molar-refractivity contribution in [3.05, 3.63) is 22.2 Å². The second-order valence-electron chi connectivity index (χ2n) is 3.39. The predicted molar refractivity (Wildman–Crippen MR) is 69.2 cm³/mol. The molecule has 0 amide bonds. The van der Waals surface area contributed by atoms with Crippen molar-refractivity contribution in [3.63, 3.8) is 0 Å². The van der Waals surface area contributed by atoms with Crippen LogP contribution >= 0.6 is 23.2 Å². The molecular weight excluding hydrogens is 287 g/mol. The summed E-state index contributed by atoms with van der Waals surface area (Å²) in [6.45, 7) is 1.68. The van der Waals surface area contributed by atoms with Gasteiger partial charge in [-0.3, -0.25) is 5.21 Å². The zero-order valence-corrected chi connectivity index (χ0v) is 11.3. The number of sulfonamides is 1. The summed E-state index contributed by atoms with van der Waals surface area (Å²) >= 11 is 11.5. The second kappa shape index (κ2) is 5.30. The molecule has 1 aromatic carbocycles. The van der Waals surface area contributed by atoms with Gasteiger partial charge in [0.25, 0.3) is 10.0 Å². The zero-order valence-electron chi connectivity index (χ0n) is 9.02. The van der Waals surface area contributed by atoms with Crippen LogP contribution < -0.4 is 10.2 Å². The minimum Gasteiger partial charge on any atom is -0.397 e. The molecule has 1 rings (SSSR count). The van der Waals surface area contributed by atoms with Gasteiger partial charge in [-0.2, -0.15) is 0 Å². The van der Waals surface area contributed by atoms with Crippen LogP contribution in [-0.4, -0.2) is 19.4 Å². The Morgan fingerprint density at radius 2 is 2.00 bits per heavy atom. The van der Waals surface area contributed by atoms with Crippen LogP contribution in [0.3, 0.4) is 0 Å². The minimum atomic E-state index is -3.83. The molecule has 0 aliphatic rings. The molecule has 0 bridgehead atoms. The van der Waals surface area contributed by atoms with Gasteiger partial charge in [0, 0.05) is 5.02 Å². The van der Waals surface area contributed by atoms with Gasteiger partial charge in [-0.15, -0.1) is 4.47 Å². The van der Waals surface area contributed by atoms with E-state index in [1.54, 1.807) is 6.92 Å². The second-order valence-corrected chi connectivity index (χ2v) is 6.12. The van der Waals surface area contributed by atoms with E-state index in [0.717, 1.165) is 0 Å². The summed E-state index contributed by atoms with van der Waals surface area (Å²) in [5.74, 6) is -0.202. The van der Waals surface area contributed by atoms with E-state index in [-0.39, 0.29) is 31.6 Å². The molecule has 0 atom stereocenters. The summed E-state index contributed by atoms with van der Waals surface area (Å²) in [5.41, 5.74) is 5.48. The van der Waals surface area contributed by atoms with Gasteiger partial charge in [0.05, 0.1) is 16.5 Å². The number of anilines is 2. The zero-order chi connectivity index (χ0) is 13.2. The summed E-state index contributed by atoms with van der Waals surface area (Å²) in [6.07, 6.45) is 0.368. The number of benzene rings is 1. The highest BCUT2D eigenvalue weighted by molar-refractivity contribution is 7.92. The first-order valence-corrected chi connectivity index (χ1v) is 7.12. The summed E-state index contributed by atoms with van der Waals surface area (Å²) in [4.78, 5) is 0. The fourth-order valence-electron chi connectivity index (χ4n) is 1.23. The number of hydrogen-bond acceptors (Lipinski definition) is 4. The molecule has 96 valence electrons. The Bertz CT molecular complexity index is 519. The Hall–Kier alpha value is -0.690. The van der Waals surface area contributed by atoms with E-state index in [0.29, 0.717) is 6.42 Å². The quantitative estimate of drug-likeness (QED) is 0.661. The monoisotopic (exact) mass is 298 g/mol. The van der Waals surface area contributed by atoms with E-state index < -0.39 is 10.0 Å². The molecule has 0 heterocycles. The van der Waals surface area contributed by atoms with E-state index in [4.69, 9.17) is 28.9 Å². The lowest BCUT2D eigenvalue weighted by Crippen LogP contribution is -2.29. The highest BCUT2D eigenvalue weighted by Gasteiger charge is 2.23. The van der Waals surface area contributed by atoms with Gasteiger partial charge in [0.1, 0.15) is 5.69 Å². The minimum absolute atomic E-state index is 0.0587. The van der Waals surface area contributed by atoms with Gasteiger partial charge in [-0.1, -0.05) is 30.1 Å². The molecule has 0 aliphatic heterocycles. The van der Waals surface area contributed by atoms with Crippen molar-refractivity contribution in [1.82, 2.24) is 0 Å². The molecule has 0 spiro atoms. The largest absolute Gasteiger partial charge is 0.397 e. The van der Waals surface area contributed by atoms with Crippen LogP contribution in [0.4, 0.5) is 11.4 Å². The lowest BCUT2D eigenvalue weighted by atomic mass is 10.3. The number of hydrogen-bond donors (Lipinski definition) is 2. The first-order chi connectivity index (χ1) is 7.79. The maximum absolute atomic E-state index is 11.6. The maximum atomic E-state index is 11.6. The molecule has 1 aromatic rings. The van der Waals surface area contributed by atoms with Gasteiger partial charge >= 0.3 is 0 Å². The molecule has 3 N–H and O–H groups in total. The number of nitrogens with zero attached hydrogens (tertiary/aromatic N) is 1. The average molecular weight is 299 g/mol. The van der Waals surface area contributed by atoms with E-state index in [1.165, 1.54) is 12.1 Å². The van der Waals surface area contributed by atoms with Crippen molar-refractivity contribution < 1.29 is 13.6 Å². The van der Waals surface area contributed by atoms with Crippen molar-refractivity contribution in [1.29, 1.82) is 0 Å². The molecule has 0 radical (unpaired) electrons. The molecule has 0 saturated carbocycles. The fourth-order valence-corrected chi connectivity index (χ4v) is 2.82. The third kappa shape index (κ3) is 3.16. The Morgan fingerprint density at radius 3 is 2.53 bits per heavy atom. The smallest absolute Gasteiger partial charge is 0.257 e. The highest BCUT2D eigenvalue weighted by atomic mass is 35.5. The van der Waals surface area contributed by atoms with E-state index in [9.17, 15) is 13.6 Å². The summed E-state index contributed by atoms with van der Waals surface area (Å²) in [6, 6.07) is 2.60. The van der Waals surface area contributed by atoms with Crippen molar-refractivity contribution >= 4 is 44.6 Å². The standard InChI is InChI=1S/C9H12Cl2N2O3S/c1-2-3-17(15,16)13(14)8-5-6(10)4-7(12)9(8)11/h4-5,14H,2-3,12H2,1H3. The molecular formula is C9H12Cl2N2O3S. The van der Waals surface area contributed by atoms with E-state index in [1.807, 2.05) is 0 Å². The third-order valence-corrected chi connectivity index (χ3v) is 4.26. The Balaban J connectivity index is 3.26. The number of halogens is 2. The van der Waals surface area contributed by atoms with Crippen molar-refractivity contribution in [2.24, 2.45) is 0 Å². The maximum Gasteiger partial charge on any atom is 0.257 e. The molecule has 0 unspecified atom stereocenters. The molecule has 17 heavy (non-hydrogen) atoms. The van der Waals surface area contributed by atoms with Gasteiger partial charge in [-0.25, -0.2) is 8.42 Å². The van der Waals surface area contributed by atoms with Crippen molar-refractivity contribution in [2.75, 3.05) is 16.0 Å². The van der Waals surface area contributed by atoms with Crippen LogP contribution in [0.2, 0.25) is 10.0 Å². The van der Waals surface area contributed by atoms with Gasteiger partial charge in [0.2, 0.25) is 0 Å². The average Bonchev–Trinajstić information content (AvgIpc) is 2.22. The van der Waals surface area contributed by atoms with Crippen LogP contribution in [0, 0.1) is 0 Å². The first-order valence-electron chi connectivity index (χ1n) is 4.76. The molecule has 0 fully saturated rings. The summed E-state index contributed by atoms with van der Waals surface area (Å²) in [7, 11) is -3.83. The normalized spacial score (nSPS) is 11.5. The topological polar surface area (TPSA) is 83.6 Å². The molecule has 8 heteroatoms. The lowest BCUT2D eigenvalue weighted by Gasteiger charge is -2.18. The van der Waals surface area contributed by atoms with Crippen LogP contribution in [0.25, 0.3) is 0 Å². The third-order valence-electron chi connectivity index (χ3n) is 1.98. The van der Waals surface area contributed by atoms with Crippen LogP contribution in [0.1, 0.15) is 13.3 Å². The SMILES string of the molecule is CCCS(=O)(=O)N(O)c1cc(Cl)cc(N)c1Cl. The molecule has 5 nitrogen and oxygen atoms in total. The Morgan fingerprint density at radius 1 is 1.41 bits per heavy atom. The van der Waals surface area contributed by atoms with Crippen molar-refractivity contribution in [2.45, 2.75) is 13.3 Å². The summed E-state index contributed by atoms with van der Waals surface area (Å²) < 4.78 is 23.4. The van der Waals surface area contributed by atoms with Gasteiger partial charge in [0.15, 0.2) is 0 Å². The number of rotatable bonds is 4. The van der Waals surface area contributed by atoms with Gasteiger partial charge < -0.3 is 5.73 Å². The first kappa shape index (κ1) is 14.4. The van der Waals surface area contributed by atoms with E-state index in [2.05, 4.69) is 0 Å². The van der Waals surface area contributed by atoms with Crippen LogP contribution in [0.15, 0.2) is 12.1 Å². The van der Waals surface area contributed by atoms with Crippen LogP contribution in [-0.2, 0) is 10.0 Å². The number of nitrogens with two attached hydrogens (primary N) is 1. The van der Waals surface area contributed by atoms with Gasteiger partial charge in [-0.05, 0) is 18.6 Å². The van der Waals surface area contributed by atoms with Crippen LogP contribution in [0.5, 0.6) is 0 Å².